The smallest absolute Gasteiger partial charge is 0.0556 e. The summed E-state index contributed by atoms with van der Waals surface area (Å²) in [6.45, 7) is 8.21. The van der Waals surface area contributed by atoms with E-state index < -0.39 is 0 Å². The summed E-state index contributed by atoms with van der Waals surface area (Å²) in [6, 6.07) is 0.501. The Morgan fingerprint density at radius 1 is 1.00 bits per heavy atom. The molecule has 0 rings (SSSR count). The lowest BCUT2D eigenvalue weighted by Crippen LogP contribution is -2.49. The number of rotatable bonds is 4. The second kappa shape index (κ2) is 4.66. The third-order valence-corrected chi connectivity index (χ3v) is 1.10. The minimum absolute atomic E-state index is 0.0567. The largest absolute Gasteiger partial charge is 0.316 e. The van der Waals surface area contributed by atoms with Crippen molar-refractivity contribution in [1.29, 1.82) is 0 Å². The maximum atomic E-state index is 5.52. The van der Waals surface area contributed by atoms with Gasteiger partial charge >= 0.3 is 0 Å². The van der Waals surface area contributed by atoms with Crippen LogP contribution in [0.25, 0.3) is 0 Å². The molecule has 0 radical (unpaired) electrons. The lowest BCUT2D eigenvalue weighted by atomic mass is 10.3. The molecule has 3 nitrogen and oxygen atoms in total. The number of nitrogens with one attached hydrogen (secondary N) is 2. The van der Waals surface area contributed by atoms with Gasteiger partial charge in [-0.3, -0.25) is 10.6 Å². The van der Waals surface area contributed by atoms with E-state index in [0.29, 0.717) is 12.2 Å². The van der Waals surface area contributed by atoms with Crippen molar-refractivity contribution in [2.24, 2.45) is 5.73 Å². The first-order valence-corrected chi connectivity index (χ1v) is 3.80. The standard InChI is InChI=1S/C7H19N3/c1-5(2)9-7(4)10-6(3)8/h5-7,9-10H,8H2,1-4H3/t6-,7+/m1/s1. The van der Waals surface area contributed by atoms with Gasteiger partial charge in [-0.1, -0.05) is 0 Å². The van der Waals surface area contributed by atoms with Gasteiger partial charge in [0, 0.05) is 6.04 Å². The Morgan fingerprint density at radius 3 is 1.80 bits per heavy atom. The lowest BCUT2D eigenvalue weighted by Gasteiger charge is -2.20. The summed E-state index contributed by atoms with van der Waals surface area (Å²) in [6.07, 6.45) is 0.348. The fourth-order valence-electron chi connectivity index (χ4n) is 0.942. The second-order valence-electron chi connectivity index (χ2n) is 3.00. The van der Waals surface area contributed by atoms with Crippen molar-refractivity contribution in [3.05, 3.63) is 0 Å². The van der Waals surface area contributed by atoms with Crippen LogP contribution in [0.15, 0.2) is 0 Å². The Bertz CT molecular complexity index is 70.9. The van der Waals surface area contributed by atoms with Gasteiger partial charge < -0.3 is 5.73 Å². The average Bonchev–Trinajstić information content (AvgIpc) is 1.58. The topological polar surface area (TPSA) is 50.1 Å². The van der Waals surface area contributed by atoms with Gasteiger partial charge in [-0.25, -0.2) is 0 Å². The van der Waals surface area contributed by atoms with Crippen LogP contribution in [0.2, 0.25) is 0 Å². The third-order valence-electron chi connectivity index (χ3n) is 1.10. The molecular formula is C7H19N3. The van der Waals surface area contributed by atoms with Gasteiger partial charge in [0.2, 0.25) is 0 Å². The summed E-state index contributed by atoms with van der Waals surface area (Å²) in [5, 5.41) is 6.42. The molecule has 0 amide bonds. The predicted molar refractivity (Wildman–Crippen MR) is 44.5 cm³/mol. The zero-order valence-corrected chi connectivity index (χ0v) is 7.31. The molecule has 10 heavy (non-hydrogen) atoms. The first-order chi connectivity index (χ1) is 4.52. The van der Waals surface area contributed by atoms with Gasteiger partial charge in [0.05, 0.1) is 12.3 Å². The molecule has 0 heterocycles. The molecule has 0 spiro atoms. The summed E-state index contributed by atoms with van der Waals surface area (Å²) < 4.78 is 0. The van der Waals surface area contributed by atoms with E-state index in [0.717, 1.165) is 0 Å². The highest BCUT2D eigenvalue weighted by Gasteiger charge is 2.02. The molecule has 0 saturated carbocycles. The number of hydrogen-bond donors (Lipinski definition) is 3. The van der Waals surface area contributed by atoms with Crippen LogP contribution in [-0.2, 0) is 0 Å². The molecule has 0 saturated heterocycles. The molecular weight excluding hydrogens is 126 g/mol. The van der Waals surface area contributed by atoms with Crippen molar-refractivity contribution in [3.8, 4) is 0 Å². The van der Waals surface area contributed by atoms with E-state index >= 15 is 0 Å². The monoisotopic (exact) mass is 145 g/mol. The van der Waals surface area contributed by atoms with E-state index in [-0.39, 0.29) is 6.17 Å². The summed E-state index contributed by atoms with van der Waals surface area (Å²) in [7, 11) is 0. The van der Waals surface area contributed by atoms with Crippen molar-refractivity contribution >= 4 is 0 Å². The number of nitrogens with two attached hydrogens (primary N) is 1. The van der Waals surface area contributed by atoms with Crippen molar-refractivity contribution in [2.75, 3.05) is 0 Å². The quantitative estimate of drug-likeness (QED) is 0.496. The number of hydrogen-bond acceptors (Lipinski definition) is 3. The van der Waals surface area contributed by atoms with E-state index in [2.05, 4.69) is 31.4 Å². The molecule has 0 unspecified atom stereocenters. The van der Waals surface area contributed by atoms with E-state index in [1.165, 1.54) is 0 Å². The van der Waals surface area contributed by atoms with E-state index in [1.807, 2.05) is 6.92 Å². The zero-order valence-electron chi connectivity index (χ0n) is 7.31. The highest BCUT2D eigenvalue weighted by molar-refractivity contribution is 4.63. The van der Waals surface area contributed by atoms with E-state index in [9.17, 15) is 0 Å². The molecule has 0 aromatic carbocycles. The molecule has 62 valence electrons. The zero-order chi connectivity index (χ0) is 8.15. The molecule has 4 N–H and O–H groups in total. The van der Waals surface area contributed by atoms with Crippen LogP contribution in [0.3, 0.4) is 0 Å². The Morgan fingerprint density at radius 2 is 1.50 bits per heavy atom. The minimum Gasteiger partial charge on any atom is -0.316 e. The Kier molecular flexibility index (Phi) is 4.60. The van der Waals surface area contributed by atoms with Crippen LogP contribution in [0.1, 0.15) is 27.7 Å². The first-order valence-electron chi connectivity index (χ1n) is 3.80. The average molecular weight is 145 g/mol. The van der Waals surface area contributed by atoms with Crippen LogP contribution in [0.4, 0.5) is 0 Å². The van der Waals surface area contributed by atoms with E-state index in [1.54, 1.807) is 0 Å². The Labute approximate surface area is 63.4 Å². The molecule has 0 aliphatic carbocycles. The SMILES string of the molecule is CC(C)N[C@H](C)N[C@H](C)N. The summed E-state index contributed by atoms with van der Waals surface area (Å²) in [5.41, 5.74) is 5.52. The van der Waals surface area contributed by atoms with E-state index in [4.69, 9.17) is 5.73 Å². The molecule has 2 atom stereocenters. The fourth-order valence-corrected chi connectivity index (χ4v) is 0.942. The third kappa shape index (κ3) is 6.01. The van der Waals surface area contributed by atoms with Gasteiger partial charge in [0.1, 0.15) is 0 Å². The maximum Gasteiger partial charge on any atom is 0.0556 e. The summed E-state index contributed by atoms with van der Waals surface area (Å²) in [4.78, 5) is 0. The molecule has 0 aromatic heterocycles. The molecule has 0 aromatic rings. The van der Waals surface area contributed by atoms with Gasteiger partial charge in [-0.05, 0) is 27.7 Å². The van der Waals surface area contributed by atoms with Gasteiger partial charge in [0.15, 0.2) is 0 Å². The first kappa shape index (κ1) is 9.88. The van der Waals surface area contributed by atoms with Crippen molar-refractivity contribution < 1.29 is 0 Å². The van der Waals surface area contributed by atoms with Crippen molar-refractivity contribution in [1.82, 2.24) is 10.6 Å². The van der Waals surface area contributed by atoms with Gasteiger partial charge in [-0.15, -0.1) is 0 Å². The van der Waals surface area contributed by atoms with Crippen LogP contribution < -0.4 is 16.4 Å². The van der Waals surface area contributed by atoms with Crippen molar-refractivity contribution in [3.63, 3.8) is 0 Å². The molecule has 0 fully saturated rings. The predicted octanol–water partition coefficient (Wildman–Crippen LogP) is 0.225. The lowest BCUT2D eigenvalue weighted by molar-refractivity contribution is 0.383. The molecule has 0 aliphatic heterocycles. The van der Waals surface area contributed by atoms with Gasteiger partial charge in [0.25, 0.3) is 0 Å². The normalized spacial score (nSPS) is 17.4. The molecule has 0 bridgehead atoms. The van der Waals surface area contributed by atoms with Crippen molar-refractivity contribution in [2.45, 2.75) is 46.1 Å². The van der Waals surface area contributed by atoms with Crippen LogP contribution >= 0.6 is 0 Å². The Balaban J connectivity index is 3.34. The summed E-state index contributed by atoms with van der Waals surface area (Å²) >= 11 is 0. The highest BCUT2D eigenvalue weighted by atomic mass is 15.2. The minimum atomic E-state index is 0.0567. The fraction of sp³-hybridized carbons (Fsp3) is 1.00. The van der Waals surface area contributed by atoms with Crippen LogP contribution in [-0.4, -0.2) is 18.4 Å². The molecule has 0 aliphatic rings. The van der Waals surface area contributed by atoms with Crippen LogP contribution in [0.5, 0.6) is 0 Å². The van der Waals surface area contributed by atoms with Gasteiger partial charge in [-0.2, -0.15) is 0 Å². The van der Waals surface area contributed by atoms with Crippen LogP contribution in [0, 0.1) is 0 Å². The molecule has 3 heteroatoms. The maximum absolute atomic E-state index is 5.52. The Hall–Kier alpha value is -0.120. The highest BCUT2D eigenvalue weighted by Crippen LogP contribution is 1.81. The summed E-state index contributed by atoms with van der Waals surface area (Å²) in [5.74, 6) is 0. The second-order valence-corrected chi connectivity index (χ2v) is 3.00.